The Balaban J connectivity index is 1.73. The molecule has 3 aromatic carbocycles. The standard InChI is InChI=1S/C25H22FN3O5/c1-31-19-13-16(14-20(32-2)22(19)33-3)23(30)27-21(17-11-7-8-12-18(17)26)25-29-28-24(34-25)15-9-5-4-6-10-15/h4-14,21H,1-3H3,(H,27,30)/t21-/m0/s1. The second kappa shape index (κ2) is 10.0. The number of rotatable bonds is 8. The summed E-state index contributed by atoms with van der Waals surface area (Å²) in [6.45, 7) is 0. The summed E-state index contributed by atoms with van der Waals surface area (Å²) in [6.07, 6.45) is 0. The molecule has 1 aromatic heterocycles. The predicted molar refractivity (Wildman–Crippen MR) is 122 cm³/mol. The number of methoxy groups -OCH3 is 3. The van der Waals surface area contributed by atoms with Crippen LogP contribution in [0.3, 0.4) is 0 Å². The van der Waals surface area contributed by atoms with Gasteiger partial charge in [0.2, 0.25) is 17.5 Å². The number of benzene rings is 3. The van der Waals surface area contributed by atoms with Crippen molar-refractivity contribution in [1.82, 2.24) is 15.5 Å². The number of halogens is 1. The summed E-state index contributed by atoms with van der Waals surface area (Å²) in [5, 5.41) is 10.9. The second-order valence-electron chi connectivity index (χ2n) is 7.15. The van der Waals surface area contributed by atoms with Gasteiger partial charge in [-0.3, -0.25) is 4.79 Å². The van der Waals surface area contributed by atoms with Crippen LogP contribution in [0.4, 0.5) is 4.39 Å². The van der Waals surface area contributed by atoms with Gasteiger partial charge >= 0.3 is 0 Å². The number of hydrogen-bond donors (Lipinski definition) is 1. The molecule has 0 aliphatic heterocycles. The van der Waals surface area contributed by atoms with Crippen LogP contribution in [0, 0.1) is 5.82 Å². The zero-order valence-electron chi connectivity index (χ0n) is 18.7. The van der Waals surface area contributed by atoms with Crippen molar-refractivity contribution >= 4 is 5.91 Å². The monoisotopic (exact) mass is 463 g/mol. The van der Waals surface area contributed by atoms with Crippen molar-refractivity contribution in [2.24, 2.45) is 0 Å². The largest absolute Gasteiger partial charge is 0.493 e. The maximum atomic E-state index is 14.7. The lowest BCUT2D eigenvalue weighted by Crippen LogP contribution is -2.30. The third kappa shape index (κ3) is 4.54. The minimum absolute atomic E-state index is 0.0322. The van der Waals surface area contributed by atoms with E-state index in [1.807, 2.05) is 30.3 Å². The second-order valence-corrected chi connectivity index (χ2v) is 7.15. The van der Waals surface area contributed by atoms with Gasteiger partial charge in [0.05, 0.1) is 21.3 Å². The molecule has 4 aromatic rings. The molecule has 0 bridgehead atoms. The Morgan fingerprint density at radius 1 is 0.912 bits per heavy atom. The van der Waals surface area contributed by atoms with E-state index >= 15 is 0 Å². The van der Waals surface area contributed by atoms with E-state index in [1.54, 1.807) is 18.2 Å². The van der Waals surface area contributed by atoms with E-state index in [-0.39, 0.29) is 22.9 Å². The Kier molecular flexibility index (Phi) is 6.72. The van der Waals surface area contributed by atoms with Crippen molar-refractivity contribution in [3.05, 3.63) is 89.6 Å². The van der Waals surface area contributed by atoms with Gasteiger partial charge in [0.1, 0.15) is 11.9 Å². The first-order valence-corrected chi connectivity index (χ1v) is 10.3. The third-order valence-electron chi connectivity index (χ3n) is 5.13. The highest BCUT2D eigenvalue weighted by Gasteiger charge is 2.27. The van der Waals surface area contributed by atoms with Crippen LogP contribution in [-0.2, 0) is 0 Å². The van der Waals surface area contributed by atoms with E-state index < -0.39 is 17.8 Å². The summed E-state index contributed by atoms with van der Waals surface area (Å²) in [6, 6.07) is 17.2. The molecule has 1 amide bonds. The van der Waals surface area contributed by atoms with Crippen LogP contribution >= 0.6 is 0 Å². The number of carbonyl (C=O) groups excluding carboxylic acids is 1. The molecule has 9 heteroatoms. The average Bonchev–Trinajstić information content (AvgIpc) is 3.37. The topological polar surface area (TPSA) is 95.7 Å². The van der Waals surface area contributed by atoms with E-state index in [4.69, 9.17) is 18.6 Å². The lowest BCUT2D eigenvalue weighted by Gasteiger charge is -2.18. The number of nitrogens with one attached hydrogen (secondary N) is 1. The van der Waals surface area contributed by atoms with Crippen LogP contribution in [0.5, 0.6) is 17.2 Å². The molecule has 0 fully saturated rings. The SMILES string of the molecule is COc1cc(C(=O)N[C@H](c2nnc(-c3ccccc3)o2)c2ccccc2F)cc(OC)c1OC. The van der Waals surface area contributed by atoms with Gasteiger partial charge in [0.15, 0.2) is 11.5 Å². The van der Waals surface area contributed by atoms with Crippen molar-refractivity contribution < 1.29 is 27.8 Å². The number of carbonyl (C=O) groups is 1. The zero-order valence-corrected chi connectivity index (χ0v) is 18.7. The quantitative estimate of drug-likeness (QED) is 0.413. The van der Waals surface area contributed by atoms with Gasteiger partial charge in [0.25, 0.3) is 5.91 Å². The van der Waals surface area contributed by atoms with Crippen molar-refractivity contribution in [2.45, 2.75) is 6.04 Å². The highest BCUT2D eigenvalue weighted by atomic mass is 19.1. The van der Waals surface area contributed by atoms with Crippen molar-refractivity contribution in [1.29, 1.82) is 0 Å². The first-order chi connectivity index (χ1) is 16.5. The van der Waals surface area contributed by atoms with E-state index in [2.05, 4.69) is 15.5 Å². The minimum Gasteiger partial charge on any atom is -0.493 e. The van der Waals surface area contributed by atoms with E-state index in [0.717, 1.165) is 0 Å². The summed E-state index contributed by atoms with van der Waals surface area (Å²) >= 11 is 0. The average molecular weight is 463 g/mol. The fourth-order valence-corrected chi connectivity index (χ4v) is 3.46. The predicted octanol–water partition coefficient (Wildman–Crippen LogP) is 4.42. The van der Waals surface area contributed by atoms with Gasteiger partial charge in [-0.05, 0) is 30.3 Å². The Hall–Kier alpha value is -4.40. The summed E-state index contributed by atoms with van der Waals surface area (Å²) < 4.78 is 36.5. The number of hydrogen-bond acceptors (Lipinski definition) is 7. The first kappa shape index (κ1) is 22.8. The van der Waals surface area contributed by atoms with Gasteiger partial charge in [-0.15, -0.1) is 10.2 Å². The molecule has 1 atom stereocenters. The molecule has 8 nitrogen and oxygen atoms in total. The van der Waals surface area contributed by atoms with E-state index in [1.165, 1.54) is 39.5 Å². The molecular formula is C25H22FN3O5. The summed E-state index contributed by atoms with van der Waals surface area (Å²) in [4.78, 5) is 13.3. The van der Waals surface area contributed by atoms with Gasteiger partial charge in [-0.25, -0.2) is 4.39 Å². The lowest BCUT2D eigenvalue weighted by atomic mass is 10.0. The summed E-state index contributed by atoms with van der Waals surface area (Å²) in [7, 11) is 4.36. The van der Waals surface area contributed by atoms with Crippen LogP contribution < -0.4 is 19.5 Å². The maximum Gasteiger partial charge on any atom is 0.252 e. The first-order valence-electron chi connectivity index (χ1n) is 10.3. The highest BCUT2D eigenvalue weighted by Crippen LogP contribution is 2.38. The molecule has 4 rings (SSSR count). The van der Waals surface area contributed by atoms with Crippen LogP contribution in [0.15, 0.2) is 71.1 Å². The smallest absolute Gasteiger partial charge is 0.252 e. The van der Waals surface area contributed by atoms with Crippen molar-refractivity contribution in [2.75, 3.05) is 21.3 Å². The highest BCUT2D eigenvalue weighted by molar-refractivity contribution is 5.96. The molecule has 0 saturated carbocycles. The molecule has 0 aliphatic carbocycles. The Morgan fingerprint density at radius 2 is 1.56 bits per heavy atom. The molecule has 1 heterocycles. The molecule has 0 spiro atoms. The normalized spacial score (nSPS) is 11.5. The summed E-state index contributed by atoms with van der Waals surface area (Å²) in [5.74, 6) is 0.168. The fraction of sp³-hybridized carbons (Fsp3) is 0.160. The zero-order chi connectivity index (χ0) is 24.1. The fourth-order valence-electron chi connectivity index (χ4n) is 3.46. The van der Waals surface area contributed by atoms with Crippen molar-refractivity contribution in [3.63, 3.8) is 0 Å². The Morgan fingerprint density at radius 3 is 2.18 bits per heavy atom. The van der Waals surface area contributed by atoms with E-state index in [0.29, 0.717) is 22.8 Å². The molecule has 1 N–H and O–H groups in total. The van der Waals surface area contributed by atoms with Crippen molar-refractivity contribution in [3.8, 4) is 28.7 Å². The molecule has 0 saturated heterocycles. The van der Waals surface area contributed by atoms with E-state index in [9.17, 15) is 9.18 Å². The number of nitrogens with zero attached hydrogens (tertiary/aromatic N) is 2. The molecule has 174 valence electrons. The van der Waals surface area contributed by atoms with Crippen LogP contribution in [0.2, 0.25) is 0 Å². The molecule has 0 aliphatic rings. The Labute approximate surface area is 195 Å². The molecule has 34 heavy (non-hydrogen) atoms. The number of aromatic nitrogens is 2. The number of ether oxygens (including phenoxy) is 3. The molecular weight excluding hydrogens is 441 g/mol. The minimum atomic E-state index is -1.04. The maximum absolute atomic E-state index is 14.7. The van der Waals surface area contributed by atoms with Gasteiger partial charge in [0, 0.05) is 16.7 Å². The Bertz CT molecular complexity index is 1270. The molecule has 0 radical (unpaired) electrons. The van der Waals surface area contributed by atoms with Gasteiger partial charge in [-0.2, -0.15) is 0 Å². The third-order valence-corrected chi connectivity index (χ3v) is 5.13. The summed E-state index contributed by atoms with van der Waals surface area (Å²) in [5.41, 5.74) is 1.08. The van der Waals surface area contributed by atoms with Gasteiger partial charge < -0.3 is 23.9 Å². The van der Waals surface area contributed by atoms with Gasteiger partial charge in [-0.1, -0.05) is 36.4 Å². The van der Waals surface area contributed by atoms with Crippen LogP contribution in [-0.4, -0.2) is 37.4 Å². The van der Waals surface area contributed by atoms with Crippen LogP contribution in [0.25, 0.3) is 11.5 Å². The van der Waals surface area contributed by atoms with Crippen LogP contribution in [0.1, 0.15) is 27.9 Å². The lowest BCUT2D eigenvalue weighted by molar-refractivity contribution is 0.0936. The number of amides is 1. The molecule has 0 unspecified atom stereocenters.